The van der Waals surface area contributed by atoms with E-state index in [0.29, 0.717) is 0 Å². The van der Waals surface area contributed by atoms with Crippen LogP contribution >= 0.6 is 0 Å². The molecule has 0 unspecified atom stereocenters. The molecule has 4 aliphatic carbocycles. The van der Waals surface area contributed by atoms with Gasteiger partial charge in [-0.25, -0.2) is 0 Å². The smallest absolute Gasteiger partial charge is 0.0192 e. The van der Waals surface area contributed by atoms with Gasteiger partial charge in [0, 0.05) is 13.1 Å². The van der Waals surface area contributed by atoms with Gasteiger partial charge in [-0.15, -0.1) is 0 Å². The highest BCUT2D eigenvalue weighted by atomic mass is 15.1. The molecular weight excluding hydrogens is 242 g/mol. The van der Waals surface area contributed by atoms with Crippen LogP contribution in [0, 0.1) is 23.2 Å². The molecule has 0 aromatic rings. The third-order valence-electron chi connectivity index (χ3n) is 7.12. The molecule has 0 spiro atoms. The van der Waals surface area contributed by atoms with Crippen molar-refractivity contribution in [2.24, 2.45) is 23.2 Å². The first-order valence-corrected chi connectivity index (χ1v) is 8.99. The molecule has 20 heavy (non-hydrogen) atoms. The van der Waals surface area contributed by atoms with E-state index < -0.39 is 0 Å². The summed E-state index contributed by atoms with van der Waals surface area (Å²) in [5.41, 5.74) is 4.07. The van der Waals surface area contributed by atoms with Gasteiger partial charge < -0.3 is 0 Å². The minimum atomic E-state index is 0.777. The maximum atomic E-state index is 2.74. The lowest BCUT2D eigenvalue weighted by molar-refractivity contribution is -0.0608. The second kappa shape index (κ2) is 4.87. The number of rotatable bonds is 3. The Morgan fingerprint density at radius 3 is 2.10 bits per heavy atom. The SMILES string of the molecule is CC1=C(C)CN(CCC23CC4CC(CC(C4)C2)C3)CC1. The molecule has 0 aromatic heterocycles. The van der Waals surface area contributed by atoms with Crippen LogP contribution in [0.5, 0.6) is 0 Å². The van der Waals surface area contributed by atoms with Gasteiger partial charge in [0.05, 0.1) is 0 Å². The van der Waals surface area contributed by atoms with Crippen molar-refractivity contribution in [3.63, 3.8) is 0 Å². The van der Waals surface area contributed by atoms with Crippen molar-refractivity contribution < 1.29 is 0 Å². The summed E-state index contributed by atoms with van der Waals surface area (Å²) in [5.74, 6) is 3.35. The van der Waals surface area contributed by atoms with Gasteiger partial charge in [0.25, 0.3) is 0 Å². The van der Waals surface area contributed by atoms with Gasteiger partial charge in [-0.3, -0.25) is 4.90 Å². The van der Waals surface area contributed by atoms with E-state index in [-0.39, 0.29) is 0 Å². The fourth-order valence-electron chi connectivity index (χ4n) is 6.27. The predicted octanol–water partition coefficient (Wildman–Crippen LogP) is 4.64. The minimum Gasteiger partial charge on any atom is -0.299 e. The zero-order valence-corrected chi connectivity index (χ0v) is 13.5. The molecule has 0 saturated heterocycles. The van der Waals surface area contributed by atoms with Crippen molar-refractivity contribution in [2.45, 2.75) is 65.2 Å². The van der Waals surface area contributed by atoms with Crippen LogP contribution in [0.1, 0.15) is 65.2 Å². The Balaban J connectivity index is 1.38. The number of hydrogen-bond donors (Lipinski definition) is 0. The van der Waals surface area contributed by atoms with E-state index in [1.807, 2.05) is 0 Å². The Morgan fingerprint density at radius 2 is 1.55 bits per heavy atom. The van der Waals surface area contributed by atoms with Gasteiger partial charge >= 0.3 is 0 Å². The molecule has 4 saturated carbocycles. The molecule has 4 fully saturated rings. The highest BCUT2D eigenvalue weighted by Gasteiger charge is 2.50. The zero-order chi connectivity index (χ0) is 13.7. The fourth-order valence-corrected chi connectivity index (χ4v) is 6.27. The summed E-state index contributed by atoms with van der Waals surface area (Å²) in [7, 11) is 0. The minimum absolute atomic E-state index is 0.777. The van der Waals surface area contributed by atoms with Crippen LogP contribution in [-0.4, -0.2) is 24.5 Å². The molecule has 1 nitrogen and oxygen atoms in total. The highest BCUT2D eigenvalue weighted by Crippen LogP contribution is 2.61. The Kier molecular flexibility index (Phi) is 3.25. The van der Waals surface area contributed by atoms with E-state index >= 15 is 0 Å². The number of hydrogen-bond acceptors (Lipinski definition) is 1. The van der Waals surface area contributed by atoms with Crippen molar-refractivity contribution in [1.82, 2.24) is 4.90 Å². The normalized spacial score (nSPS) is 44.4. The molecule has 5 aliphatic rings. The second-order valence-corrected chi connectivity index (χ2v) is 8.75. The van der Waals surface area contributed by atoms with E-state index in [1.54, 1.807) is 49.7 Å². The second-order valence-electron chi connectivity index (χ2n) is 8.75. The summed E-state index contributed by atoms with van der Waals surface area (Å²) in [4.78, 5) is 2.74. The molecule has 5 rings (SSSR count). The summed E-state index contributed by atoms with van der Waals surface area (Å²) in [6, 6.07) is 0. The summed E-state index contributed by atoms with van der Waals surface area (Å²) in [6.07, 6.45) is 12.3. The standard InChI is InChI=1S/C19H31N/c1-14-3-5-20(13-15(14)2)6-4-19-10-16-7-17(11-19)9-18(8-16)12-19/h16-18H,3-13H2,1-2H3. The van der Waals surface area contributed by atoms with E-state index in [0.717, 1.165) is 23.2 Å². The maximum absolute atomic E-state index is 2.74. The molecule has 112 valence electrons. The molecule has 4 bridgehead atoms. The van der Waals surface area contributed by atoms with Crippen LogP contribution in [-0.2, 0) is 0 Å². The average Bonchev–Trinajstić information content (AvgIpc) is 2.39. The van der Waals surface area contributed by atoms with Crippen LogP contribution in [0.3, 0.4) is 0 Å². The summed E-state index contributed by atoms with van der Waals surface area (Å²) >= 11 is 0. The van der Waals surface area contributed by atoms with Crippen molar-refractivity contribution in [2.75, 3.05) is 19.6 Å². The Bertz CT molecular complexity index is 384. The van der Waals surface area contributed by atoms with Gasteiger partial charge in [-0.1, -0.05) is 11.1 Å². The first kappa shape index (κ1) is 13.4. The molecule has 0 atom stereocenters. The Hall–Kier alpha value is -0.300. The first-order valence-electron chi connectivity index (χ1n) is 8.99. The predicted molar refractivity (Wildman–Crippen MR) is 84.7 cm³/mol. The molecule has 1 aliphatic heterocycles. The van der Waals surface area contributed by atoms with E-state index in [4.69, 9.17) is 0 Å². The summed E-state index contributed by atoms with van der Waals surface area (Å²) in [6.45, 7) is 8.60. The monoisotopic (exact) mass is 273 g/mol. The molecule has 1 heteroatoms. The van der Waals surface area contributed by atoms with E-state index in [2.05, 4.69) is 18.7 Å². The Morgan fingerprint density at radius 1 is 0.950 bits per heavy atom. The lowest BCUT2D eigenvalue weighted by atomic mass is 9.49. The molecule has 0 amide bonds. The summed E-state index contributed by atoms with van der Waals surface area (Å²) in [5, 5.41) is 0. The highest BCUT2D eigenvalue weighted by molar-refractivity contribution is 5.14. The first-order chi connectivity index (χ1) is 9.62. The van der Waals surface area contributed by atoms with E-state index in [1.165, 1.54) is 32.5 Å². The third kappa shape index (κ3) is 2.36. The van der Waals surface area contributed by atoms with Crippen molar-refractivity contribution in [1.29, 1.82) is 0 Å². The lowest BCUT2D eigenvalue weighted by Crippen LogP contribution is -2.47. The topological polar surface area (TPSA) is 3.24 Å². The third-order valence-corrected chi connectivity index (χ3v) is 7.12. The molecule has 0 aromatic carbocycles. The molecule has 1 heterocycles. The molecular formula is C19H31N. The summed E-state index contributed by atoms with van der Waals surface area (Å²) < 4.78 is 0. The number of nitrogens with zero attached hydrogens (tertiary/aromatic N) is 1. The van der Waals surface area contributed by atoms with Crippen LogP contribution < -0.4 is 0 Å². The van der Waals surface area contributed by atoms with Crippen molar-refractivity contribution in [3.05, 3.63) is 11.1 Å². The molecule has 0 radical (unpaired) electrons. The Labute approximate surface area is 124 Å². The van der Waals surface area contributed by atoms with Gasteiger partial charge in [0.2, 0.25) is 0 Å². The van der Waals surface area contributed by atoms with Crippen LogP contribution in [0.25, 0.3) is 0 Å². The van der Waals surface area contributed by atoms with Gasteiger partial charge in [0.1, 0.15) is 0 Å². The van der Waals surface area contributed by atoms with Crippen molar-refractivity contribution >= 4 is 0 Å². The fraction of sp³-hybridized carbons (Fsp3) is 0.895. The maximum Gasteiger partial charge on any atom is 0.0192 e. The quantitative estimate of drug-likeness (QED) is 0.677. The lowest BCUT2D eigenvalue weighted by Gasteiger charge is -2.57. The van der Waals surface area contributed by atoms with Crippen LogP contribution in [0.15, 0.2) is 11.1 Å². The van der Waals surface area contributed by atoms with Crippen LogP contribution in [0.4, 0.5) is 0 Å². The van der Waals surface area contributed by atoms with Gasteiger partial charge in [-0.2, -0.15) is 0 Å². The zero-order valence-electron chi connectivity index (χ0n) is 13.5. The van der Waals surface area contributed by atoms with Crippen molar-refractivity contribution in [3.8, 4) is 0 Å². The average molecular weight is 273 g/mol. The van der Waals surface area contributed by atoms with Gasteiger partial charge in [0.15, 0.2) is 0 Å². The molecule has 0 N–H and O–H groups in total. The van der Waals surface area contributed by atoms with Gasteiger partial charge in [-0.05, 0) is 94.9 Å². The van der Waals surface area contributed by atoms with E-state index in [9.17, 15) is 0 Å². The largest absolute Gasteiger partial charge is 0.299 e. The van der Waals surface area contributed by atoms with Crippen LogP contribution in [0.2, 0.25) is 0 Å².